The predicted octanol–water partition coefficient (Wildman–Crippen LogP) is 3.36. The average Bonchev–Trinajstić information content (AvgIpc) is 2.86. The van der Waals surface area contributed by atoms with Gasteiger partial charge in [0.1, 0.15) is 11.6 Å². The van der Waals surface area contributed by atoms with E-state index in [4.69, 9.17) is 14.4 Å². The molecule has 5 nitrogen and oxygen atoms in total. The van der Waals surface area contributed by atoms with Crippen LogP contribution in [0, 0.1) is 11.7 Å². The number of halogens is 1. The Morgan fingerprint density at radius 2 is 2.19 bits per heavy atom. The van der Waals surface area contributed by atoms with Gasteiger partial charge in [0.25, 0.3) is 0 Å². The van der Waals surface area contributed by atoms with E-state index in [9.17, 15) is 9.18 Å². The maximum atomic E-state index is 13.6. The van der Waals surface area contributed by atoms with Crippen LogP contribution in [0.2, 0.25) is 0 Å². The molecule has 21 heavy (non-hydrogen) atoms. The number of hydrogen-bond acceptors (Lipinski definition) is 4. The number of benzene rings is 1. The van der Waals surface area contributed by atoms with Crippen molar-refractivity contribution >= 4 is 5.97 Å². The molecule has 0 aliphatic heterocycles. The average molecular weight is 291 g/mol. The molecule has 3 rings (SSSR count). The Morgan fingerprint density at radius 1 is 1.38 bits per heavy atom. The van der Waals surface area contributed by atoms with Crippen LogP contribution in [0.3, 0.4) is 0 Å². The summed E-state index contributed by atoms with van der Waals surface area (Å²) in [5.74, 6) is -0.515. The van der Waals surface area contributed by atoms with Gasteiger partial charge >= 0.3 is 5.97 Å². The summed E-state index contributed by atoms with van der Waals surface area (Å²) in [7, 11) is 0. The largest absolute Gasteiger partial charge is 0.493 e. The number of carboxylic acids is 1. The normalized spacial score (nSPS) is 14.7. The molecule has 1 heterocycles. The Labute approximate surface area is 120 Å². The lowest BCUT2D eigenvalue weighted by Crippen LogP contribution is -2.19. The van der Waals surface area contributed by atoms with Gasteiger partial charge in [-0.1, -0.05) is 11.6 Å². The van der Waals surface area contributed by atoms with Crippen molar-refractivity contribution in [2.75, 3.05) is 6.61 Å². The third-order valence-electron chi connectivity index (χ3n) is 3.60. The van der Waals surface area contributed by atoms with Gasteiger partial charge in [0.05, 0.1) is 6.61 Å². The summed E-state index contributed by atoms with van der Waals surface area (Å²) in [6.07, 6.45) is 3.51. The highest BCUT2D eigenvalue weighted by Gasteiger charge is 2.19. The molecule has 110 valence electrons. The fourth-order valence-corrected chi connectivity index (χ4v) is 2.17. The first-order chi connectivity index (χ1) is 10.1. The molecule has 0 spiro atoms. The van der Waals surface area contributed by atoms with E-state index in [1.54, 1.807) is 6.07 Å². The van der Waals surface area contributed by atoms with Crippen LogP contribution in [0.25, 0.3) is 11.3 Å². The van der Waals surface area contributed by atoms with Gasteiger partial charge in [0.15, 0.2) is 11.5 Å². The fraction of sp³-hybridized carbons (Fsp3) is 0.333. The molecular formula is C15H14FNO4. The zero-order valence-electron chi connectivity index (χ0n) is 11.2. The van der Waals surface area contributed by atoms with Gasteiger partial charge in [-0.25, -0.2) is 9.18 Å². The summed E-state index contributed by atoms with van der Waals surface area (Å²) >= 11 is 0. The van der Waals surface area contributed by atoms with E-state index in [1.807, 2.05) is 0 Å². The number of nitrogens with zero attached hydrogens (tertiary/aromatic N) is 1. The van der Waals surface area contributed by atoms with Gasteiger partial charge in [-0.3, -0.25) is 0 Å². The molecule has 0 amide bonds. The second kappa shape index (κ2) is 5.55. The van der Waals surface area contributed by atoms with E-state index in [1.165, 1.54) is 24.6 Å². The van der Waals surface area contributed by atoms with Crippen LogP contribution in [-0.4, -0.2) is 22.8 Å². The minimum atomic E-state index is -1.19. The quantitative estimate of drug-likeness (QED) is 0.914. The zero-order chi connectivity index (χ0) is 14.8. The highest BCUT2D eigenvalue weighted by Crippen LogP contribution is 2.29. The molecule has 2 aromatic rings. The van der Waals surface area contributed by atoms with E-state index >= 15 is 0 Å². The minimum absolute atomic E-state index is 0.195. The summed E-state index contributed by atoms with van der Waals surface area (Å²) in [5, 5.41) is 12.2. The van der Waals surface area contributed by atoms with E-state index in [-0.39, 0.29) is 11.5 Å². The maximum Gasteiger partial charge on any atom is 0.358 e. The topological polar surface area (TPSA) is 72.6 Å². The molecule has 0 radical (unpaired) electrons. The molecule has 1 aliphatic rings. The lowest BCUT2D eigenvalue weighted by atomic mass is 9.86. The van der Waals surface area contributed by atoms with Crippen molar-refractivity contribution in [2.45, 2.75) is 19.3 Å². The lowest BCUT2D eigenvalue weighted by molar-refractivity contribution is 0.0686. The minimum Gasteiger partial charge on any atom is -0.493 e. The first-order valence-electron chi connectivity index (χ1n) is 6.75. The highest BCUT2D eigenvalue weighted by atomic mass is 19.1. The van der Waals surface area contributed by atoms with Crippen molar-refractivity contribution in [3.63, 3.8) is 0 Å². The molecule has 1 N–H and O–H groups in total. The molecule has 1 aromatic carbocycles. The summed E-state index contributed by atoms with van der Waals surface area (Å²) in [4.78, 5) is 10.8. The number of rotatable bonds is 5. The van der Waals surface area contributed by atoms with Crippen LogP contribution in [0.4, 0.5) is 4.39 Å². The molecule has 1 saturated carbocycles. The lowest BCUT2D eigenvalue weighted by Gasteiger charge is -2.25. The summed E-state index contributed by atoms with van der Waals surface area (Å²) in [6, 6.07) is 5.43. The van der Waals surface area contributed by atoms with Gasteiger partial charge in [0, 0.05) is 17.7 Å². The Bertz CT molecular complexity index is 663. The number of hydrogen-bond donors (Lipinski definition) is 1. The number of aromatic carboxylic acids is 1. The Balaban J connectivity index is 1.80. The smallest absolute Gasteiger partial charge is 0.358 e. The Kier molecular flexibility index (Phi) is 3.60. The molecular weight excluding hydrogens is 277 g/mol. The van der Waals surface area contributed by atoms with Crippen LogP contribution < -0.4 is 4.74 Å². The number of ether oxygens (including phenoxy) is 1. The first kappa shape index (κ1) is 13.6. The monoisotopic (exact) mass is 291 g/mol. The zero-order valence-corrected chi connectivity index (χ0v) is 11.2. The SMILES string of the molecule is O=C(O)c1cc(-c2cc(F)cc(OCC3CCC3)c2)on1. The van der Waals surface area contributed by atoms with E-state index < -0.39 is 11.8 Å². The summed E-state index contributed by atoms with van der Waals surface area (Å²) in [6.45, 7) is 0.569. The fourth-order valence-electron chi connectivity index (χ4n) is 2.17. The van der Waals surface area contributed by atoms with Crippen molar-refractivity contribution in [2.24, 2.45) is 5.92 Å². The second-order valence-corrected chi connectivity index (χ2v) is 5.17. The van der Waals surface area contributed by atoms with Gasteiger partial charge in [-0.2, -0.15) is 0 Å². The molecule has 1 fully saturated rings. The Hall–Kier alpha value is -2.37. The number of carbonyl (C=O) groups is 1. The van der Waals surface area contributed by atoms with Gasteiger partial charge in [-0.05, 0) is 30.9 Å². The second-order valence-electron chi connectivity index (χ2n) is 5.17. The summed E-state index contributed by atoms with van der Waals surface area (Å²) in [5.41, 5.74) is 0.185. The van der Waals surface area contributed by atoms with Crippen LogP contribution in [0.15, 0.2) is 28.8 Å². The number of carboxylic acid groups (broad SMARTS) is 1. The third-order valence-corrected chi connectivity index (χ3v) is 3.60. The third kappa shape index (κ3) is 3.04. The van der Waals surface area contributed by atoms with Crippen molar-refractivity contribution in [1.82, 2.24) is 5.16 Å². The Morgan fingerprint density at radius 3 is 2.81 bits per heavy atom. The van der Waals surface area contributed by atoms with Gasteiger partial charge in [0.2, 0.25) is 0 Å². The molecule has 0 unspecified atom stereocenters. The molecule has 0 saturated heterocycles. The van der Waals surface area contributed by atoms with Crippen LogP contribution >= 0.6 is 0 Å². The van der Waals surface area contributed by atoms with E-state index in [2.05, 4.69) is 5.16 Å². The molecule has 6 heteroatoms. The van der Waals surface area contributed by atoms with E-state index in [0.717, 1.165) is 12.8 Å². The molecule has 1 aliphatic carbocycles. The van der Waals surface area contributed by atoms with Crippen molar-refractivity contribution in [1.29, 1.82) is 0 Å². The van der Waals surface area contributed by atoms with E-state index in [0.29, 0.717) is 23.8 Å². The molecule has 0 bridgehead atoms. The van der Waals surface area contributed by atoms with Crippen molar-refractivity contribution in [3.05, 3.63) is 35.8 Å². The first-order valence-corrected chi connectivity index (χ1v) is 6.75. The van der Waals surface area contributed by atoms with Gasteiger partial charge < -0.3 is 14.4 Å². The standard InChI is InChI=1S/C15H14FNO4/c16-11-4-10(14-7-13(15(18)19)17-21-14)5-12(6-11)20-8-9-2-1-3-9/h4-7,9H,1-3,8H2,(H,18,19). The van der Waals surface area contributed by atoms with Crippen LogP contribution in [0.5, 0.6) is 5.75 Å². The van der Waals surface area contributed by atoms with Crippen molar-refractivity contribution in [3.8, 4) is 17.1 Å². The van der Waals surface area contributed by atoms with Crippen LogP contribution in [-0.2, 0) is 0 Å². The van der Waals surface area contributed by atoms with Gasteiger partial charge in [-0.15, -0.1) is 0 Å². The number of aromatic nitrogens is 1. The van der Waals surface area contributed by atoms with Crippen molar-refractivity contribution < 1.29 is 23.6 Å². The molecule has 0 atom stereocenters. The maximum absolute atomic E-state index is 13.6. The highest BCUT2D eigenvalue weighted by molar-refractivity contribution is 5.86. The van der Waals surface area contributed by atoms with Crippen LogP contribution in [0.1, 0.15) is 29.8 Å². The molecule has 1 aromatic heterocycles. The predicted molar refractivity (Wildman–Crippen MR) is 71.7 cm³/mol. The summed E-state index contributed by atoms with van der Waals surface area (Å²) < 4.78 is 24.2.